The zero-order valence-electron chi connectivity index (χ0n) is 31.5. The zero-order valence-corrected chi connectivity index (χ0v) is 36.3. The van der Waals surface area contributed by atoms with Crippen molar-refractivity contribution >= 4 is 97.5 Å². The molecule has 1 aliphatic rings. The summed E-state index contributed by atoms with van der Waals surface area (Å²) in [6.07, 6.45) is 8.92. The molecular weight excluding hydrogens is 904 g/mol. The van der Waals surface area contributed by atoms with E-state index in [1.807, 2.05) is 19.9 Å². The molecule has 6 aromatic rings. The van der Waals surface area contributed by atoms with Crippen LogP contribution in [0.5, 0.6) is 5.75 Å². The van der Waals surface area contributed by atoms with E-state index in [1.54, 1.807) is 51.8 Å². The van der Waals surface area contributed by atoms with Crippen molar-refractivity contribution in [2.75, 3.05) is 47.0 Å². The first-order valence-corrected chi connectivity index (χ1v) is 23.4. The third-order valence-electron chi connectivity index (χ3n) is 9.82. The van der Waals surface area contributed by atoms with Crippen LogP contribution in [0.3, 0.4) is 0 Å². The number of aromatic nitrogens is 6. The normalized spacial score (nSPS) is 14.9. The van der Waals surface area contributed by atoms with E-state index in [0.29, 0.717) is 54.9 Å². The summed E-state index contributed by atoms with van der Waals surface area (Å²) < 4.78 is 61.2. The zero-order chi connectivity index (χ0) is 40.7. The minimum Gasteiger partial charge on any atom is -0.490 e. The number of rotatable bonds is 15. The van der Waals surface area contributed by atoms with Crippen LogP contribution in [0, 0.1) is 5.92 Å². The SMILES string of the molecule is CC(C)[C@H](CO)Nc1cc(Nc2ccc(S(C)(=O)=O)c(OCC3(Nc4cc(Nc5ccc(S(C)(=O)=O)cc5)n5ncc(Br)c5n4)CCCC3)c2)n2ncc(Br)c2n1. The van der Waals surface area contributed by atoms with Gasteiger partial charge in [0.05, 0.1) is 44.4 Å². The van der Waals surface area contributed by atoms with Gasteiger partial charge in [0.2, 0.25) is 0 Å². The molecule has 0 saturated heterocycles. The summed E-state index contributed by atoms with van der Waals surface area (Å²) in [5.41, 5.74) is 1.70. The number of hydrogen-bond acceptors (Lipinski definition) is 14. The number of halogens is 2. The molecular formula is C37H42Br2N10O6S2. The van der Waals surface area contributed by atoms with Crippen molar-refractivity contribution < 1.29 is 26.7 Å². The molecule has 4 aromatic heterocycles. The first kappa shape index (κ1) is 40.7. The molecule has 16 nitrogen and oxygen atoms in total. The van der Waals surface area contributed by atoms with Gasteiger partial charge in [0.15, 0.2) is 31.0 Å². The minimum absolute atomic E-state index is 0.0455. The van der Waals surface area contributed by atoms with Crippen molar-refractivity contribution in [2.45, 2.75) is 60.9 Å². The fraction of sp³-hybridized carbons (Fsp3) is 0.351. The van der Waals surface area contributed by atoms with Crippen LogP contribution in [-0.2, 0) is 19.7 Å². The number of aliphatic hydroxyl groups is 1. The molecule has 0 spiro atoms. The van der Waals surface area contributed by atoms with Gasteiger partial charge in [0.1, 0.15) is 40.5 Å². The number of hydrogen-bond donors (Lipinski definition) is 5. The molecule has 1 saturated carbocycles. The molecule has 0 bridgehead atoms. The second kappa shape index (κ2) is 16.0. The van der Waals surface area contributed by atoms with Gasteiger partial charge in [-0.2, -0.15) is 19.2 Å². The van der Waals surface area contributed by atoms with E-state index < -0.39 is 25.2 Å². The summed E-state index contributed by atoms with van der Waals surface area (Å²) in [4.78, 5) is 9.80. The Labute approximate surface area is 346 Å². The number of nitrogens with zero attached hydrogens (tertiary/aromatic N) is 6. The molecule has 1 fully saturated rings. The Bertz CT molecular complexity index is 2670. The molecule has 302 valence electrons. The van der Waals surface area contributed by atoms with Crippen molar-refractivity contribution in [2.24, 2.45) is 5.92 Å². The second-order valence-electron chi connectivity index (χ2n) is 14.6. The summed E-state index contributed by atoms with van der Waals surface area (Å²) in [5.74, 6) is 2.51. The lowest BCUT2D eigenvalue weighted by atomic mass is 9.99. The first-order valence-electron chi connectivity index (χ1n) is 18.1. The molecule has 7 rings (SSSR count). The molecule has 1 aliphatic carbocycles. The fourth-order valence-electron chi connectivity index (χ4n) is 6.73. The van der Waals surface area contributed by atoms with Crippen LogP contribution >= 0.6 is 31.9 Å². The van der Waals surface area contributed by atoms with Gasteiger partial charge in [-0.05, 0) is 87.0 Å². The number of aliphatic hydroxyl groups excluding tert-OH is 1. The molecule has 0 aliphatic heterocycles. The van der Waals surface area contributed by atoms with Gasteiger partial charge in [-0.1, -0.05) is 26.7 Å². The summed E-state index contributed by atoms with van der Waals surface area (Å²) in [6.45, 7) is 4.07. The van der Waals surface area contributed by atoms with Gasteiger partial charge in [0, 0.05) is 42.1 Å². The lowest BCUT2D eigenvalue weighted by Gasteiger charge is -2.31. The van der Waals surface area contributed by atoms with Crippen molar-refractivity contribution in [3.05, 3.63) is 75.9 Å². The Hall–Kier alpha value is -4.50. The number of anilines is 6. The molecule has 5 N–H and O–H groups in total. The van der Waals surface area contributed by atoms with Crippen molar-refractivity contribution in [3.63, 3.8) is 0 Å². The third-order valence-corrected chi connectivity index (χ3v) is 13.2. The standard InChI is InChI=1S/C37H42Br2N10O6S2/c1-22(2)28(20-50)44-31-16-33(48-35(45-31)26(38)18-40-48)43-24-9-12-30(57(4,53)54)29(15-24)55-21-37(13-5-6-14-37)47-32-17-34(49-36(46-32)27(39)19-41-49)42-23-7-10-25(11-8-23)56(3,51)52/h7-12,15-19,22,28,42-43,50H,5-6,13-14,20-21H2,1-4H3,(H,44,45)(H,46,47)/t28-/m0/s1. The predicted molar refractivity (Wildman–Crippen MR) is 227 cm³/mol. The van der Waals surface area contributed by atoms with Crippen LogP contribution in [0.25, 0.3) is 11.3 Å². The lowest BCUT2D eigenvalue weighted by molar-refractivity contribution is 0.230. The van der Waals surface area contributed by atoms with Crippen LogP contribution in [0.15, 0.2) is 85.7 Å². The topological polar surface area (TPSA) is 206 Å². The van der Waals surface area contributed by atoms with Crippen LogP contribution in [0.4, 0.5) is 34.6 Å². The minimum atomic E-state index is -3.69. The van der Waals surface area contributed by atoms with Crippen molar-refractivity contribution in [3.8, 4) is 5.75 Å². The van der Waals surface area contributed by atoms with E-state index in [2.05, 4.69) is 68.3 Å². The number of nitrogens with one attached hydrogen (secondary N) is 4. The Kier molecular flexibility index (Phi) is 11.4. The summed E-state index contributed by atoms with van der Waals surface area (Å²) >= 11 is 7.07. The van der Waals surface area contributed by atoms with Gasteiger partial charge in [-0.3, -0.25) is 0 Å². The largest absolute Gasteiger partial charge is 0.490 e. The number of fused-ring (bicyclic) bond motifs is 2. The molecule has 20 heteroatoms. The van der Waals surface area contributed by atoms with Crippen molar-refractivity contribution in [1.82, 2.24) is 29.2 Å². The molecule has 0 radical (unpaired) electrons. The molecule has 2 aromatic carbocycles. The highest BCUT2D eigenvalue weighted by atomic mass is 79.9. The maximum atomic E-state index is 13.1. The van der Waals surface area contributed by atoms with Gasteiger partial charge < -0.3 is 31.1 Å². The van der Waals surface area contributed by atoms with E-state index in [1.165, 1.54) is 18.2 Å². The smallest absolute Gasteiger partial charge is 0.179 e. The van der Waals surface area contributed by atoms with Gasteiger partial charge in [-0.25, -0.2) is 26.8 Å². The highest BCUT2D eigenvalue weighted by Gasteiger charge is 2.36. The van der Waals surface area contributed by atoms with Gasteiger partial charge in [0.25, 0.3) is 0 Å². The molecule has 1 atom stereocenters. The Morgan fingerprint density at radius 3 is 1.93 bits per heavy atom. The van der Waals surface area contributed by atoms with E-state index in [9.17, 15) is 21.9 Å². The monoisotopic (exact) mass is 944 g/mol. The van der Waals surface area contributed by atoms with E-state index in [-0.39, 0.29) is 40.7 Å². The van der Waals surface area contributed by atoms with Crippen LogP contribution < -0.4 is 26.0 Å². The maximum Gasteiger partial charge on any atom is 0.179 e. The van der Waals surface area contributed by atoms with Crippen LogP contribution in [0.2, 0.25) is 0 Å². The highest BCUT2D eigenvalue weighted by molar-refractivity contribution is 9.11. The predicted octanol–water partition coefficient (Wildman–Crippen LogP) is 6.82. The van der Waals surface area contributed by atoms with Crippen LogP contribution in [0.1, 0.15) is 39.5 Å². The molecule has 57 heavy (non-hydrogen) atoms. The average Bonchev–Trinajstić information content (AvgIpc) is 3.88. The van der Waals surface area contributed by atoms with Crippen LogP contribution in [-0.4, -0.2) is 88.4 Å². The Morgan fingerprint density at radius 2 is 1.37 bits per heavy atom. The number of ether oxygens (including phenoxy) is 1. The summed E-state index contributed by atoms with van der Waals surface area (Å²) in [7, 11) is -7.05. The van der Waals surface area contributed by atoms with E-state index >= 15 is 0 Å². The fourth-order valence-corrected chi connectivity index (χ4v) is 8.86. The molecule has 0 amide bonds. The Morgan fingerprint density at radius 1 is 0.807 bits per heavy atom. The lowest BCUT2D eigenvalue weighted by Crippen LogP contribution is -2.42. The molecule has 4 heterocycles. The summed E-state index contributed by atoms with van der Waals surface area (Å²) in [6, 6.07) is 14.7. The maximum absolute atomic E-state index is 13.1. The second-order valence-corrected chi connectivity index (χ2v) is 20.3. The van der Waals surface area contributed by atoms with Crippen molar-refractivity contribution in [1.29, 1.82) is 0 Å². The quantitative estimate of drug-likeness (QED) is 0.0717. The number of sulfone groups is 2. The average molecular weight is 947 g/mol. The highest BCUT2D eigenvalue weighted by Crippen LogP contribution is 2.37. The first-order chi connectivity index (χ1) is 27.0. The van der Waals surface area contributed by atoms with E-state index in [0.717, 1.165) is 38.2 Å². The number of benzene rings is 2. The third kappa shape index (κ3) is 8.99. The van der Waals surface area contributed by atoms with Gasteiger partial charge in [-0.15, -0.1) is 0 Å². The Balaban J connectivity index is 1.17. The van der Waals surface area contributed by atoms with Gasteiger partial charge >= 0.3 is 0 Å². The molecule has 0 unspecified atom stereocenters. The summed E-state index contributed by atoms with van der Waals surface area (Å²) in [5, 5.41) is 32.5. The van der Waals surface area contributed by atoms with E-state index in [4.69, 9.17) is 9.72 Å².